The van der Waals surface area contributed by atoms with Gasteiger partial charge in [-0.3, -0.25) is 15.1 Å². The fourth-order valence-corrected chi connectivity index (χ4v) is 6.91. The van der Waals surface area contributed by atoms with E-state index in [-0.39, 0.29) is 5.56 Å². The largest absolute Gasteiger partial charge is 0.378 e. The van der Waals surface area contributed by atoms with Crippen molar-refractivity contribution in [3.8, 4) is 11.4 Å². The molecule has 0 atom stereocenters. The molecule has 2 aliphatic heterocycles. The summed E-state index contributed by atoms with van der Waals surface area (Å²) < 4.78 is 6.73. The van der Waals surface area contributed by atoms with E-state index < -0.39 is 5.91 Å². The van der Waals surface area contributed by atoms with Gasteiger partial charge in [0.05, 0.1) is 45.7 Å². The van der Waals surface area contributed by atoms with E-state index in [4.69, 9.17) is 19.9 Å². The zero-order valence-corrected chi connectivity index (χ0v) is 24.5. The lowest BCUT2D eigenvalue weighted by Crippen LogP contribution is -2.38. The van der Waals surface area contributed by atoms with Crippen molar-refractivity contribution in [2.75, 3.05) is 67.7 Å². The van der Waals surface area contributed by atoms with Crippen LogP contribution in [0.2, 0.25) is 0 Å². The second kappa shape index (κ2) is 11.7. The Hall–Kier alpha value is -4.40. The number of fused-ring (bicyclic) bond motifs is 2. The SMILES string of the molecule is CN(CC1CCN(c2ncc(C(=O)NO)cn2)CC1)c1cc2nc(-c3cccc4[nH]ncc34)nc(N3CCOCC3)c2s1. The molecule has 222 valence electrons. The van der Waals surface area contributed by atoms with Gasteiger partial charge in [0, 0.05) is 63.1 Å². The zero-order chi connectivity index (χ0) is 29.3. The number of aromatic amines is 1. The molecule has 1 aromatic carbocycles. The second-order valence-corrected chi connectivity index (χ2v) is 12.0. The number of hydrogen-bond acceptors (Lipinski definition) is 12. The minimum Gasteiger partial charge on any atom is -0.378 e. The average Bonchev–Trinajstić information content (AvgIpc) is 3.72. The quantitative estimate of drug-likeness (QED) is 0.187. The Morgan fingerprint density at radius 1 is 1.12 bits per heavy atom. The van der Waals surface area contributed by atoms with Crippen LogP contribution in [-0.2, 0) is 4.74 Å². The highest BCUT2D eigenvalue weighted by atomic mass is 32.1. The summed E-state index contributed by atoms with van der Waals surface area (Å²) in [5, 5.41) is 18.3. The minimum atomic E-state index is -0.621. The normalized spacial score (nSPS) is 16.2. The van der Waals surface area contributed by atoms with Gasteiger partial charge in [0.15, 0.2) is 11.6 Å². The summed E-state index contributed by atoms with van der Waals surface area (Å²) >= 11 is 1.75. The Labute approximate surface area is 251 Å². The average molecular weight is 601 g/mol. The van der Waals surface area contributed by atoms with Crippen molar-refractivity contribution < 1.29 is 14.7 Å². The van der Waals surface area contributed by atoms with Crippen molar-refractivity contribution in [2.45, 2.75) is 12.8 Å². The number of thiophene rings is 1. The number of rotatable bonds is 7. The second-order valence-electron chi connectivity index (χ2n) is 10.9. The Bertz CT molecular complexity index is 1740. The lowest BCUT2D eigenvalue weighted by atomic mass is 9.96. The molecule has 0 bridgehead atoms. The highest BCUT2D eigenvalue weighted by molar-refractivity contribution is 7.23. The van der Waals surface area contributed by atoms with Crippen LogP contribution in [0.4, 0.5) is 16.8 Å². The number of benzene rings is 1. The number of aromatic nitrogens is 6. The van der Waals surface area contributed by atoms with Gasteiger partial charge in [-0.2, -0.15) is 5.10 Å². The molecule has 3 N–H and O–H groups in total. The molecule has 7 rings (SSSR count). The first-order chi connectivity index (χ1) is 21.1. The molecule has 6 heterocycles. The molecule has 1 amide bonds. The molecule has 0 unspecified atom stereocenters. The molecule has 0 aliphatic carbocycles. The van der Waals surface area contributed by atoms with E-state index in [0.717, 1.165) is 78.1 Å². The van der Waals surface area contributed by atoms with Gasteiger partial charge < -0.3 is 19.4 Å². The molecule has 2 fully saturated rings. The van der Waals surface area contributed by atoms with Crippen molar-refractivity contribution in [2.24, 2.45) is 5.92 Å². The van der Waals surface area contributed by atoms with Crippen molar-refractivity contribution in [1.82, 2.24) is 35.6 Å². The number of amides is 1. The maximum absolute atomic E-state index is 11.6. The number of nitrogens with one attached hydrogen (secondary N) is 2. The third-order valence-corrected chi connectivity index (χ3v) is 9.42. The van der Waals surface area contributed by atoms with Crippen molar-refractivity contribution in [3.63, 3.8) is 0 Å². The smallest absolute Gasteiger partial charge is 0.277 e. The van der Waals surface area contributed by atoms with Crippen LogP contribution in [0, 0.1) is 5.92 Å². The number of hydroxylamine groups is 1. The number of H-pyrrole nitrogens is 1. The summed E-state index contributed by atoms with van der Waals surface area (Å²) in [6, 6.07) is 8.26. The van der Waals surface area contributed by atoms with E-state index in [1.54, 1.807) is 16.8 Å². The molecule has 0 spiro atoms. The Morgan fingerprint density at radius 3 is 2.67 bits per heavy atom. The highest BCUT2D eigenvalue weighted by Gasteiger charge is 2.25. The summed E-state index contributed by atoms with van der Waals surface area (Å²) in [4.78, 5) is 37.2. The van der Waals surface area contributed by atoms with Gasteiger partial charge in [-0.15, -0.1) is 11.3 Å². The van der Waals surface area contributed by atoms with Crippen LogP contribution in [0.15, 0.2) is 42.9 Å². The van der Waals surface area contributed by atoms with Crippen molar-refractivity contribution in [3.05, 3.63) is 48.4 Å². The van der Waals surface area contributed by atoms with Crippen LogP contribution < -0.4 is 20.2 Å². The fraction of sp³-hybridized carbons (Fsp3) is 0.379. The number of morpholine rings is 1. The van der Waals surface area contributed by atoms with Crippen LogP contribution in [0.1, 0.15) is 23.2 Å². The number of carbonyl (C=O) groups is 1. The third kappa shape index (κ3) is 5.44. The van der Waals surface area contributed by atoms with Gasteiger partial charge in [0.1, 0.15) is 0 Å². The van der Waals surface area contributed by atoms with Gasteiger partial charge in [0.25, 0.3) is 5.91 Å². The molecule has 14 heteroatoms. The molecule has 13 nitrogen and oxygen atoms in total. The van der Waals surface area contributed by atoms with E-state index >= 15 is 0 Å². The maximum Gasteiger partial charge on any atom is 0.277 e. The first-order valence-corrected chi connectivity index (χ1v) is 15.2. The molecule has 0 saturated carbocycles. The predicted octanol–water partition coefficient (Wildman–Crippen LogP) is 3.33. The van der Waals surface area contributed by atoms with Crippen LogP contribution in [0.25, 0.3) is 32.5 Å². The lowest BCUT2D eigenvalue weighted by molar-refractivity contribution is 0.0705. The summed E-state index contributed by atoms with van der Waals surface area (Å²) in [6.07, 6.45) is 6.72. The van der Waals surface area contributed by atoms with E-state index in [2.05, 4.69) is 54.0 Å². The number of ether oxygens (including phenoxy) is 1. The fourth-order valence-electron chi connectivity index (χ4n) is 5.82. The van der Waals surface area contributed by atoms with E-state index in [1.807, 2.05) is 18.3 Å². The van der Waals surface area contributed by atoms with Crippen molar-refractivity contribution >= 4 is 55.1 Å². The predicted molar refractivity (Wildman–Crippen MR) is 165 cm³/mol. The summed E-state index contributed by atoms with van der Waals surface area (Å²) in [7, 11) is 2.15. The van der Waals surface area contributed by atoms with Gasteiger partial charge >= 0.3 is 0 Å². The van der Waals surface area contributed by atoms with Gasteiger partial charge in [0.2, 0.25) is 5.95 Å². The molecular formula is C29H32N10O3S. The molecule has 2 aliphatic rings. The molecule has 4 aromatic heterocycles. The Morgan fingerprint density at radius 2 is 1.91 bits per heavy atom. The molecule has 43 heavy (non-hydrogen) atoms. The van der Waals surface area contributed by atoms with Crippen LogP contribution in [0.3, 0.4) is 0 Å². The summed E-state index contributed by atoms with van der Waals surface area (Å²) in [5.41, 5.74) is 4.70. The molecule has 5 aromatic rings. The van der Waals surface area contributed by atoms with Crippen LogP contribution in [0.5, 0.6) is 0 Å². The summed E-state index contributed by atoms with van der Waals surface area (Å²) in [5.74, 6) is 2.16. The van der Waals surface area contributed by atoms with Gasteiger partial charge in [-0.1, -0.05) is 12.1 Å². The zero-order valence-electron chi connectivity index (χ0n) is 23.7. The standard InChI is InChI=1S/C29H32N10O3S/c1-37(17-18-5-7-39(8-6-18)29-30-14-19(15-31-29)28(40)36-41)24-13-23-25(43-24)27(38-9-11-42-12-10-38)34-26(33-23)20-3-2-4-22-21(20)16-32-35-22/h2-4,13-16,18,41H,5-12,17H2,1H3,(H,32,35)(H,36,40). The van der Waals surface area contributed by atoms with Gasteiger partial charge in [-0.05, 0) is 30.9 Å². The first kappa shape index (κ1) is 27.4. The molecule has 2 saturated heterocycles. The maximum atomic E-state index is 11.6. The summed E-state index contributed by atoms with van der Waals surface area (Å²) in [6.45, 7) is 5.56. The lowest BCUT2D eigenvalue weighted by Gasteiger charge is -2.34. The molecular weight excluding hydrogens is 568 g/mol. The van der Waals surface area contributed by atoms with E-state index in [0.29, 0.717) is 30.9 Å². The van der Waals surface area contributed by atoms with Crippen molar-refractivity contribution in [1.29, 1.82) is 0 Å². The molecule has 0 radical (unpaired) electrons. The van der Waals surface area contributed by atoms with E-state index in [1.165, 1.54) is 17.4 Å². The Kier molecular flexibility index (Phi) is 7.47. The Balaban J connectivity index is 1.10. The first-order valence-electron chi connectivity index (χ1n) is 14.4. The number of piperidine rings is 1. The minimum absolute atomic E-state index is 0.221. The van der Waals surface area contributed by atoms with E-state index in [9.17, 15) is 4.79 Å². The number of carbonyl (C=O) groups excluding carboxylic acids is 1. The monoisotopic (exact) mass is 600 g/mol. The highest BCUT2D eigenvalue weighted by Crippen LogP contribution is 2.39. The number of anilines is 3. The van der Waals surface area contributed by atoms with Gasteiger partial charge in [-0.25, -0.2) is 25.4 Å². The van der Waals surface area contributed by atoms with Crippen LogP contribution in [-0.4, -0.2) is 94.2 Å². The number of nitrogens with zero attached hydrogens (tertiary/aromatic N) is 8. The number of hydrogen-bond donors (Lipinski definition) is 3. The topological polar surface area (TPSA) is 149 Å². The third-order valence-electron chi connectivity index (χ3n) is 8.18. The van der Waals surface area contributed by atoms with Crippen LogP contribution >= 0.6 is 11.3 Å².